The van der Waals surface area contributed by atoms with Crippen LogP contribution in [0.2, 0.25) is 0 Å². The first-order valence-corrected chi connectivity index (χ1v) is 28.9. The molecule has 7 heteroatoms. The molecule has 0 aliphatic carbocycles. The van der Waals surface area contributed by atoms with Gasteiger partial charge >= 0.3 is 0 Å². The summed E-state index contributed by atoms with van der Waals surface area (Å²) in [6, 6.07) is 98.6. The lowest BCUT2D eigenvalue weighted by atomic mass is 9.98. The summed E-state index contributed by atoms with van der Waals surface area (Å²) in [7, 11) is 0. The van der Waals surface area contributed by atoms with E-state index in [0.717, 1.165) is 116 Å². The lowest BCUT2D eigenvalue weighted by molar-refractivity contribution is 0.669. The number of furan rings is 1. The highest BCUT2D eigenvalue weighted by molar-refractivity contribution is 7.25. The molecule has 18 aromatic rings. The molecule has 0 amide bonds. The van der Waals surface area contributed by atoms with Gasteiger partial charge in [0.2, 0.25) is 5.95 Å². The van der Waals surface area contributed by atoms with Crippen molar-refractivity contribution in [3.8, 4) is 62.1 Å². The van der Waals surface area contributed by atoms with Crippen molar-refractivity contribution in [2.75, 3.05) is 0 Å². The fourth-order valence-corrected chi connectivity index (χ4v) is 14.3. The molecule has 0 atom stereocenters. The van der Waals surface area contributed by atoms with E-state index in [1.54, 1.807) is 0 Å². The number of hydrogen-bond donors (Lipinski definition) is 0. The standard InChI is InChI=1S/C76H45N5OS/c1-5-17-46(18-6-1)64-45-65(47-19-7-2-8-20-47)78-76(77-64)81-68-34-30-49(37-56(68)59-42-69-58(41-71(59)81)54-25-13-15-27-66(54)79(69)52-21-9-3-10-22-52)51-32-36-73-62(40-51)61-39-50(31-35-72(61)82-73)48-29-33-67-57(38-48)60-44-75-63(55-26-14-16-28-74(55)83-75)43-70(60)80(67)53-23-11-4-12-24-53/h1-45H. The van der Waals surface area contributed by atoms with E-state index >= 15 is 0 Å². The van der Waals surface area contributed by atoms with Crippen LogP contribution in [-0.4, -0.2) is 23.7 Å². The second-order valence-electron chi connectivity index (χ2n) is 21.7. The lowest BCUT2D eigenvalue weighted by Gasteiger charge is -2.12. The summed E-state index contributed by atoms with van der Waals surface area (Å²) in [4.78, 5) is 10.9. The van der Waals surface area contributed by atoms with Crippen LogP contribution in [0.4, 0.5) is 0 Å². The van der Waals surface area contributed by atoms with Gasteiger partial charge in [-0.3, -0.25) is 4.57 Å². The van der Waals surface area contributed by atoms with Gasteiger partial charge in [0.25, 0.3) is 0 Å². The molecule has 0 radical (unpaired) electrons. The summed E-state index contributed by atoms with van der Waals surface area (Å²) in [5, 5.41) is 11.8. The van der Waals surface area contributed by atoms with Gasteiger partial charge in [-0.05, 0) is 138 Å². The van der Waals surface area contributed by atoms with Crippen LogP contribution in [0, 0.1) is 0 Å². The monoisotopic (exact) mass is 1080 g/mol. The minimum Gasteiger partial charge on any atom is -0.456 e. The van der Waals surface area contributed by atoms with E-state index in [0.29, 0.717) is 5.95 Å². The molecule has 0 saturated heterocycles. The van der Waals surface area contributed by atoms with E-state index < -0.39 is 0 Å². The molecular weight excluding hydrogens is 1030 g/mol. The zero-order valence-electron chi connectivity index (χ0n) is 44.5. The van der Waals surface area contributed by atoms with E-state index in [4.69, 9.17) is 14.4 Å². The van der Waals surface area contributed by atoms with E-state index in [1.165, 1.54) is 47.4 Å². The molecule has 0 N–H and O–H groups in total. The third kappa shape index (κ3) is 7.08. The number of rotatable bonds is 7. The summed E-state index contributed by atoms with van der Waals surface area (Å²) in [5.41, 5.74) is 19.0. The molecule has 83 heavy (non-hydrogen) atoms. The number of thiophene rings is 1. The van der Waals surface area contributed by atoms with Crippen LogP contribution in [-0.2, 0) is 0 Å². The van der Waals surface area contributed by atoms with Crippen molar-refractivity contribution in [1.82, 2.24) is 23.7 Å². The van der Waals surface area contributed by atoms with E-state index in [2.05, 4.69) is 275 Å². The fraction of sp³-hybridized carbons (Fsp3) is 0. The first-order chi connectivity index (χ1) is 41.1. The topological polar surface area (TPSA) is 53.7 Å². The highest BCUT2D eigenvalue weighted by atomic mass is 32.1. The van der Waals surface area contributed by atoms with Gasteiger partial charge in [0.05, 0.1) is 44.5 Å². The van der Waals surface area contributed by atoms with E-state index in [-0.39, 0.29) is 0 Å². The van der Waals surface area contributed by atoms with Crippen LogP contribution < -0.4 is 0 Å². The molecule has 0 bridgehead atoms. The molecule has 0 fully saturated rings. The summed E-state index contributed by atoms with van der Waals surface area (Å²) >= 11 is 1.87. The van der Waals surface area contributed by atoms with Crippen LogP contribution in [0.25, 0.3) is 170 Å². The summed E-state index contributed by atoms with van der Waals surface area (Å²) in [5.74, 6) is 0.612. The number of aromatic nitrogens is 5. The quantitative estimate of drug-likeness (QED) is 0.160. The molecule has 0 aliphatic heterocycles. The highest BCUT2D eigenvalue weighted by Gasteiger charge is 2.23. The maximum Gasteiger partial charge on any atom is 0.235 e. The number of fused-ring (bicyclic) bond motifs is 15. The van der Waals surface area contributed by atoms with Gasteiger partial charge in [0.1, 0.15) is 11.2 Å². The normalized spacial score (nSPS) is 12.1. The smallest absolute Gasteiger partial charge is 0.235 e. The first kappa shape index (κ1) is 45.9. The van der Waals surface area contributed by atoms with Crippen molar-refractivity contribution in [2.24, 2.45) is 0 Å². The Balaban J connectivity index is 0.821. The predicted molar refractivity (Wildman–Crippen MR) is 347 cm³/mol. The van der Waals surface area contributed by atoms with Crippen molar-refractivity contribution in [3.05, 3.63) is 273 Å². The van der Waals surface area contributed by atoms with Gasteiger partial charge in [-0.15, -0.1) is 11.3 Å². The zero-order valence-corrected chi connectivity index (χ0v) is 45.3. The van der Waals surface area contributed by atoms with Crippen molar-refractivity contribution < 1.29 is 4.42 Å². The van der Waals surface area contributed by atoms with Crippen LogP contribution >= 0.6 is 11.3 Å². The fourth-order valence-electron chi connectivity index (χ4n) is 13.2. The molecule has 12 aromatic carbocycles. The van der Waals surface area contributed by atoms with Gasteiger partial charge in [-0.25, -0.2) is 9.97 Å². The summed E-state index contributed by atoms with van der Waals surface area (Å²) < 4.78 is 16.3. The van der Waals surface area contributed by atoms with Crippen molar-refractivity contribution in [2.45, 2.75) is 0 Å². The van der Waals surface area contributed by atoms with Crippen molar-refractivity contribution in [3.63, 3.8) is 0 Å². The largest absolute Gasteiger partial charge is 0.456 e. The molecule has 0 aliphatic rings. The molecule has 0 saturated carbocycles. The third-order valence-corrected chi connectivity index (χ3v) is 18.2. The van der Waals surface area contributed by atoms with Gasteiger partial charge in [-0.1, -0.05) is 158 Å². The highest BCUT2D eigenvalue weighted by Crippen LogP contribution is 2.45. The summed E-state index contributed by atoms with van der Waals surface area (Å²) in [6.45, 7) is 0. The van der Waals surface area contributed by atoms with Crippen LogP contribution in [0.3, 0.4) is 0 Å². The number of para-hydroxylation sites is 3. The van der Waals surface area contributed by atoms with E-state index in [1.807, 2.05) is 23.5 Å². The third-order valence-electron chi connectivity index (χ3n) is 17.0. The van der Waals surface area contributed by atoms with Gasteiger partial charge in [-0.2, -0.15) is 0 Å². The molecule has 0 unspecified atom stereocenters. The maximum atomic E-state index is 6.64. The van der Waals surface area contributed by atoms with Crippen LogP contribution in [0.5, 0.6) is 0 Å². The second kappa shape index (κ2) is 17.8. The Kier molecular flexibility index (Phi) is 9.87. The van der Waals surface area contributed by atoms with Crippen molar-refractivity contribution in [1.29, 1.82) is 0 Å². The Morgan fingerprint density at radius 3 is 1.24 bits per heavy atom. The summed E-state index contributed by atoms with van der Waals surface area (Å²) in [6.07, 6.45) is 0. The predicted octanol–water partition coefficient (Wildman–Crippen LogP) is 20.7. The Morgan fingerprint density at radius 1 is 0.253 bits per heavy atom. The molecule has 386 valence electrons. The minimum absolute atomic E-state index is 0.612. The van der Waals surface area contributed by atoms with Gasteiger partial charge in [0.15, 0.2) is 0 Å². The van der Waals surface area contributed by atoms with Crippen LogP contribution in [0.1, 0.15) is 0 Å². The minimum atomic E-state index is 0.612. The number of hydrogen-bond acceptors (Lipinski definition) is 4. The van der Waals surface area contributed by atoms with Gasteiger partial charge in [0, 0.05) is 85.8 Å². The number of benzene rings is 12. The lowest BCUT2D eigenvalue weighted by Crippen LogP contribution is -2.04. The molecule has 18 rings (SSSR count). The van der Waals surface area contributed by atoms with Crippen molar-refractivity contribution >= 4 is 119 Å². The van der Waals surface area contributed by atoms with Crippen LogP contribution in [0.15, 0.2) is 277 Å². The Labute approximate surface area is 479 Å². The molecule has 6 nitrogen and oxygen atoms in total. The molecular formula is C76H45N5OS. The molecule has 6 heterocycles. The Bertz CT molecular complexity index is 5620. The Morgan fingerprint density at radius 2 is 0.663 bits per heavy atom. The van der Waals surface area contributed by atoms with Gasteiger partial charge < -0.3 is 13.6 Å². The average molecular weight is 1080 g/mol. The SMILES string of the molecule is c1ccc(-c2cc(-c3ccccc3)nc(-n3c4ccc(-c5ccc6oc7ccc(-c8ccc9c(c8)c8cc%10sc%11ccccc%11c%10cc8n9-c8ccccc8)cc7c6c5)cc4c4cc5c(cc43)c3ccccc3n5-c3ccccc3)n2)cc1. The van der Waals surface area contributed by atoms with E-state index in [9.17, 15) is 0 Å². The number of nitrogens with zero attached hydrogens (tertiary/aromatic N) is 5. The molecule has 0 spiro atoms. The Hall–Kier alpha value is -10.9. The second-order valence-corrected chi connectivity index (χ2v) is 22.8. The zero-order chi connectivity index (χ0) is 54.3. The maximum absolute atomic E-state index is 6.64. The molecule has 6 aromatic heterocycles. The first-order valence-electron chi connectivity index (χ1n) is 28.1. The average Bonchev–Trinajstić information content (AvgIpc) is 4.20.